The van der Waals surface area contributed by atoms with Crippen LogP contribution in [-0.4, -0.2) is 28.6 Å². The highest BCUT2D eigenvalue weighted by molar-refractivity contribution is 6.19. The minimum atomic E-state index is -0.460. The molecule has 5 rings (SSSR count). The second kappa shape index (κ2) is 7.96. The Hall–Kier alpha value is -3.93. The van der Waals surface area contributed by atoms with Crippen LogP contribution in [0.4, 0.5) is 0 Å². The standard InChI is InChI=1S/C26H22N2O4/c1-3-28-22-11-9-18(25(30)17-7-5-4-6-8-17)15-20(22)24-23(28)12-10-19-21(27-32-16(2)29)13-14-31-26(19)24/h4-12,15H,3,13-14H2,1-2H3/b27-21+. The molecule has 0 amide bonds. The first-order valence-electron chi connectivity index (χ1n) is 10.6. The maximum atomic E-state index is 13.1. The zero-order valence-corrected chi connectivity index (χ0v) is 17.9. The van der Waals surface area contributed by atoms with Gasteiger partial charge in [0.25, 0.3) is 0 Å². The molecule has 0 saturated carbocycles. The first-order valence-corrected chi connectivity index (χ1v) is 10.6. The quantitative estimate of drug-likeness (QED) is 0.259. The third-order valence-corrected chi connectivity index (χ3v) is 5.78. The van der Waals surface area contributed by atoms with Gasteiger partial charge in [-0.2, -0.15) is 0 Å². The molecule has 0 aliphatic carbocycles. The minimum absolute atomic E-state index is 0.0206. The zero-order valence-electron chi connectivity index (χ0n) is 17.9. The number of aromatic nitrogens is 1. The summed E-state index contributed by atoms with van der Waals surface area (Å²) in [4.78, 5) is 29.2. The Morgan fingerprint density at radius 3 is 2.56 bits per heavy atom. The van der Waals surface area contributed by atoms with Gasteiger partial charge in [0.15, 0.2) is 5.78 Å². The van der Waals surface area contributed by atoms with Crippen LogP contribution < -0.4 is 4.74 Å². The summed E-state index contributed by atoms with van der Waals surface area (Å²) in [6.07, 6.45) is 0.552. The zero-order chi connectivity index (χ0) is 22.2. The average Bonchev–Trinajstić information content (AvgIpc) is 3.15. The fourth-order valence-electron chi connectivity index (χ4n) is 4.37. The Balaban J connectivity index is 1.74. The van der Waals surface area contributed by atoms with Gasteiger partial charge >= 0.3 is 5.97 Å². The predicted molar refractivity (Wildman–Crippen MR) is 123 cm³/mol. The Morgan fingerprint density at radius 1 is 1.03 bits per heavy atom. The highest BCUT2D eigenvalue weighted by atomic mass is 16.7. The Kier molecular flexibility index (Phi) is 4.98. The van der Waals surface area contributed by atoms with Crippen LogP contribution in [0.5, 0.6) is 5.75 Å². The molecule has 0 unspecified atom stereocenters. The summed E-state index contributed by atoms with van der Waals surface area (Å²) in [5.41, 5.74) is 4.82. The number of nitrogens with zero attached hydrogens (tertiary/aromatic N) is 2. The van der Waals surface area contributed by atoms with Crippen LogP contribution in [-0.2, 0) is 16.2 Å². The van der Waals surface area contributed by atoms with Crippen LogP contribution in [0.2, 0.25) is 0 Å². The molecule has 1 aliphatic heterocycles. The fourth-order valence-corrected chi connectivity index (χ4v) is 4.37. The fraction of sp³-hybridized carbons (Fsp3) is 0.192. The number of carbonyl (C=O) groups is 2. The van der Waals surface area contributed by atoms with Crippen LogP contribution in [0.25, 0.3) is 21.8 Å². The Bertz CT molecular complexity index is 1400. The second-order valence-electron chi connectivity index (χ2n) is 7.73. The molecule has 0 saturated heterocycles. The maximum absolute atomic E-state index is 13.1. The van der Waals surface area contributed by atoms with E-state index in [2.05, 4.69) is 16.6 Å². The van der Waals surface area contributed by atoms with Gasteiger partial charge in [-0.1, -0.05) is 35.5 Å². The molecule has 3 aromatic carbocycles. The first-order chi connectivity index (χ1) is 15.6. The molecule has 0 N–H and O–H groups in total. The van der Waals surface area contributed by atoms with Gasteiger partial charge in [0.1, 0.15) is 5.75 Å². The summed E-state index contributed by atoms with van der Waals surface area (Å²) in [6.45, 7) is 4.64. The molecule has 160 valence electrons. The van der Waals surface area contributed by atoms with E-state index in [4.69, 9.17) is 9.57 Å². The van der Waals surface area contributed by atoms with E-state index in [1.807, 2.05) is 60.7 Å². The summed E-state index contributed by atoms with van der Waals surface area (Å²) >= 11 is 0. The second-order valence-corrected chi connectivity index (χ2v) is 7.73. The van der Waals surface area contributed by atoms with E-state index in [1.54, 1.807) is 0 Å². The molecule has 0 atom stereocenters. The molecule has 4 aromatic rings. The molecule has 0 spiro atoms. The van der Waals surface area contributed by atoms with Crippen molar-refractivity contribution in [3.8, 4) is 5.75 Å². The molecule has 2 heterocycles. The first kappa shape index (κ1) is 20.0. The molecule has 0 fully saturated rings. The number of aryl methyl sites for hydroxylation is 1. The Labute approximate surface area is 185 Å². The monoisotopic (exact) mass is 426 g/mol. The van der Waals surface area contributed by atoms with Crippen molar-refractivity contribution < 1.29 is 19.2 Å². The van der Waals surface area contributed by atoms with Crippen molar-refractivity contribution in [3.63, 3.8) is 0 Å². The molecule has 6 heteroatoms. The van der Waals surface area contributed by atoms with Gasteiger partial charge in [0, 0.05) is 47.5 Å². The van der Waals surface area contributed by atoms with Crippen LogP contribution in [0, 0.1) is 0 Å². The van der Waals surface area contributed by atoms with Gasteiger partial charge in [-0.3, -0.25) is 4.79 Å². The molecule has 6 nitrogen and oxygen atoms in total. The Morgan fingerprint density at radius 2 is 1.81 bits per heavy atom. The van der Waals surface area contributed by atoms with Crippen LogP contribution in [0.15, 0.2) is 65.8 Å². The van der Waals surface area contributed by atoms with E-state index in [0.717, 1.165) is 33.9 Å². The normalized spacial score (nSPS) is 14.4. The van der Waals surface area contributed by atoms with Crippen molar-refractivity contribution >= 4 is 39.3 Å². The van der Waals surface area contributed by atoms with E-state index < -0.39 is 5.97 Å². The van der Waals surface area contributed by atoms with Gasteiger partial charge < -0.3 is 14.1 Å². The number of hydrogen-bond acceptors (Lipinski definition) is 5. The highest BCUT2D eigenvalue weighted by Crippen LogP contribution is 2.40. The average molecular weight is 426 g/mol. The van der Waals surface area contributed by atoms with E-state index in [9.17, 15) is 9.59 Å². The van der Waals surface area contributed by atoms with E-state index in [0.29, 0.717) is 35.6 Å². The summed E-state index contributed by atoms with van der Waals surface area (Å²) in [5.74, 6) is 0.229. The number of benzene rings is 3. The largest absolute Gasteiger partial charge is 0.492 e. The van der Waals surface area contributed by atoms with Gasteiger partial charge in [-0.25, -0.2) is 4.79 Å². The van der Waals surface area contributed by atoms with Gasteiger partial charge in [-0.05, 0) is 37.3 Å². The smallest absolute Gasteiger partial charge is 0.331 e. The van der Waals surface area contributed by atoms with Crippen molar-refractivity contribution in [2.75, 3.05) is 6.61 Å². The lowest BCUT2D eigenvalue weighted by atomic mass is 9.98. The van der Waals surface area contributed by atoms with E-state index >= 15 is 0 Å². The SMILES string of the molecule is CCn1c2ccc(C(=O)c3ccccc3)cc2c2c3c(ccc21)/C(=N/OC(C)=O)CCO3. The lowest BCUT2D eigenvalue weighted by Gasteiger charge is -2.19. The number of ketones is 1. The van der Waals surface area contributed by atoms with Crippen molar-refractivity contribution in [3.05, 3.63) is 77.4 Å². The molecule has 0 radical (unpaired) electrons. The van der Waals surface area contributed by atoms with Crippen molar-refractivity contribution in [2.24, 2.45) is 5.16 Å². The number of ether oxygens (including phenoxy) is 1. The van der Waals surface area contributed by atoms with Gasteiger partial charge in [-0.15, -0.1) is 0 Å². The number of fused-ring (bicyclic) bond motifs is 5. The van der Waals surface area contributed by atoms with Crippen molar-refractivity contribution in [1.82, 2.24) is 4.57 Å². The molecular weight excluding hydrogens is 404 g/mol. The molecule has 32 heavy (non-hydrogen) atoms. The third kappa shape index (κ3) is 3.24. The van der Waals surface area contributed by atoms with Gasteiger partial charge in [0.2, 0.25) is 0 Å². The summed E-state index contributed by atoms with van der Waals surface area (Å²) in [6, 6.07) is 19.1. The lowest BCUT2D eigenvalue weighted by Crippen LogP contribution is -2.17. The highest BCUT2D eigenvalue weighted by Gasteiger charge is 2.24. The number of rotatable bonds is 4. The van der Waals surface area contributed by atoms with Gasteiger partial charge in [0.05, 0.1) is 23.2 Å². The lowest BCUT2D eigenvalue weighted by molar-refractivity contribution is -0.140. The topological polar surface area (TPSA) is 69.9 Å². The summed E-state index contributed by atoms with van der Waals surface area (Å²) in [5, 5.41) is 5.94. The summed E-state index contributed by atoms with van der Waals surface area (Å²) in [7, 11) is 0. The third-order valence-electron chi connectivity index (χ3n) is 5.78. The van der Waals surface area contributed by atoms with Crippen LogP contribution in [0.3, 0.4) is 0 Å². The van der Waals surface area contributed by atoms with Crippen molar-refractivity contribution in [1.29, 1.82) is 0 Å². The molecule has 1 aromatic heterocycles. The summed E-state index contributed by atoms with van der Waals surface area (Å²) < 4.78 is 8.32. The number of carbonyl (C=O) groups excluding carboxylic acids is 2. The van der Waals surface area contributed by atoms with E-state index in [1.165, 1.54) is 6.92 Å². The number of hydrogen-bond donors (Lipinski definition) is 0. The minimum Gasteiger partial charge on any atom is -0.492 e. The van der Waals surface area contributed by atoms with Crippen LogP contribution in [0.1, 0.15) is 41.8 Å². The molecule has 1 aliphatic rings. The molecule has 0 bridgehead atoms. The van der Waals surface area contributed by atoms with Crippen molar-refractivity contribution in [2.45, 2.75) is 26.8 Å². The molecular formula is C26H22N2O4. The van der Waals surface area contributed by atoms with E-state index in [-0.39, 0.29) is 5.78 Å². The maximum Gasteiger partial charge on any atom is 0.331 e. The number of oxime groups is 1. The van der Waals surface area contributed by atoms with Crippen LogP contribution >= 0.6 is 0 Å². The predicted octanol–water partition coefficient (Wildman–Crippen LogP) is 5.10.